The third-order valence-corrected chi connectivity index (χ3v) is 3.03. The molecule has 0 bridgehead atoms. The van der Waals surface area contributed by atoms with Crippen LogP contribution in [0.15, 0.2) is 0 Å². The minimum atomic E-state index is -4.24. The van der Waals surface area contributed by atoms with Crippen molar-refractivity contribution >= 4 is 17.7 Å². The SMILES string of the molecule is CC(C)C(O)CCNC(=O)CSCC(F)(F)F. The van der Waals surface area contributed by atoms with Gasteiger partial charge in [0, 0.05) is 6.54 Å². The Labute approximate surface area is 103 Å². The minimum Gasteiger partial charge on any atom is -0.393 e. The number of hydrogen-bond acceptors (Lipinski definition) is 3. The van der Waals surface area contributed by atoms with E-state index >= 15 is 0 Å². The number of aliphatic hydroxyl groups is 1. The normalized spacial score (nSPS) is 13.8. The van der Waals surface area contributed by atoms with E-state index in [0.29, 0.717) is 18.2 Å². The van der Waals surface area contributed by atoms with Gasteiger partial charge in [-0.05, 0) is 12.3 Å². The first-order chi connectivity index (χ1) is 7.72. The predicted molar refractivity (Wildman–Crippen MR) is 61.9 cm³/mol. The second-order valence-corrected chi connectivity index (χ2v) is 5.04. The highest BCUT2D eigenvalue weighted by atomic mass is 32.2. The summed E-state index contributed by atoms with van der Waals surface area (Å²) in [6, 6.07) is 0. The lowest BCUT2D eigenvalue weighted by Gasteiger charge is -2.14. The van der Waals surface area contributed by atoms with Crippen LogP contribution in [0.3, 0.4) is 0 Å². The van der Waals surface area contributed by atoms with Crippen molar-refractivity contribution in [2.45, 2.75) is 32.5 Å². The molecule has 2 N–H and O–H groups in total. The predicted octanol–water partition coefficient (Wildman–Crippen LogP) is 1.81. The van der Waals surface area contributed by atoms with E-state index in [1.54, 1.807) is 0 Å². The van der Waals surface area contributed by atoms with Crippen molar-refractivity contribution in [2.75, 3.05) is 18.1 Å². The summed E-state index contributed by atoms with van der Waals surface area (Å²) in [5.74, 6) is -1.56. The van der Waals surface area contributed by atoms with Crippen molar-refractivity contribution < 1.29 is 23.1 Å². The van der Waals surface area contributed by atoms with E-state index in [9.17, 15) is 23.1 Å². The van der Waals surface area contributed by atoms with Crippen molar-refractivity contribution in [2.24, 2.45) is 5.92 Å². The quantitative estimate of drug-likeness (QED) is 0.743. The second-order valence-electron chi connectivity index (χ2n) is 4.06. The number of amides is 1. The zero-order valence-electron chi connectivity index (χ0n) is 9.88. The second kappa shape index (κ2) is 7.81. The molecule has 0 saturated carbocycles. The average Bonchev–Trinajstić information content (AvgIpc) is 2.15. The van der Waals surface area contributed by atoms with E-state index in [1.807, 2.05) is 13.8 Å². The maximum atomic E-state index is 11.8. The summed E-state index contributed by atoms with van der Waals surface area (Å²) in [5.41, 5.74) is 0. The van der Waals surface area contributed by atoms with Gasteiger partial charge in [-0.3, -0.25) is 4.79 Å². The molecule has 3 nitrogen and oxygen atoms in total. The number of carbonyl (C=O) groups excluding carboxylic acids is 1. The number of carbonyl (C=O) groups is 1. The van der Waals surface area contributed by atoms with Gasteiger partial charge in [-0.1, -0.05) is 13.8 Å². The van der Waals surface area contributed by atoms with Crippen LogP contribution in [0, 0.1) is 5.92 Å². The molecule has 0 aliphatic rings. The van der Waals surface area contributed by atoms with E-state index in [0.717, 1.165) is 0 Å². The fraction of sp³-hybridized carbons (Fsp3) is 0.900. The molecule has 1 atom stereocenters. The molecule has 102 valence electrons. The van der Waals surface area contributed by atoms with Gasteiger partial charge in [0.1, 0.15) is 0 Å². The molecule has 0 aromatic carbocycles. The highest BCUT2D eigenvalue weighted by Gasteiger charge is 2.27. The van der Waals surface area contributed by atoms with Gasteiger partial charge in [-0.25, -0.2) is 0 Å². The summed E-state index contributed by atoms with van der Waals surface area (Å²) in [6.45, 7) is 3.99. The van der Waals surface area contributed by atoms with Gasteiger partial charge in [0.15, 0.2) is 0 Å². The Morgan fingerprint density at radius 3 is 2.47 bits per heavy atom. The molecule has 0 spiro atoms. The van der Waals surface area contributed by atoms with E-state index in [2.05, 4.69) is 5.32 Å². The Hall–Kier alpha value is -0.430. The molecule has 0 aromatic heterocycles. The molecule has 1 amide bonds. The van der Waals surface area contributed by atoms with Crippen LogP contribution >= 0.6 is 11.8 Å². The Kier molecular flexibility index (Phi) is 7.61. The first kappa shape index (κ1) is 16.6. The Balaban J connectivity index is 3.54. The molecule has 0 fully saturated rings. The summed E-state index contributed by atoms with van der Waals surface area (Å²) in [7, 11) is 0. The third kappa shape index (κ3) is 10.4. The van der Waals surface area contributed by atoms with Crippen molar-refractivity contribution in [3.63, 3.8) is 0 Å². The van der Waals surface area contributed by atoms with Crippen molar-refractivity contribution in [3.05, 3.63) is 0 Å². The summed E-state index contributed by atoms with van der Waals surface area (Å²) in [6.07, 6.45) is -4.33. The molecule has 0 radical (unpaired) electrons. The number of nitrogens with one attached hydrogen (secondary N) is 1. The van der Waals surface area contributed by atoms with Gasteiger partial charge in [0.25, 0.3) is 0 Å². The van der Waals surface area contributed by atoms with Gasteiger partial charge in [0.2, 0.25) is 5.91 Å². The Morgan fingerprint density at radius 1 is 1.41 bits per heavy atom. The Morgan fingerprint density at radius 2 is 2.00 bits per heavy atom. The summed E-state index contributed by atoms with van der Waals surface area (Å²) >= 11 is 0.534. The first-order valence-corrected chi connectivity index (χ1v) is 6.47. The van der Waals surface area contributed by atoms with Gasteiger partial charge < -0.3 is 10.4 Å². The molecule has 0 heterocycles. The van der Waals surface area contributed by atoms with Crippen LogP contribution in [0.4, 0.5) is 13.2 Å². The molecular formula is C10H18F3NO2S. The maximum absolute atomic E-state index is 11.8. The van der Waals surface area contributed by atoms with Gasteiger partial charge in [-0.15, -0.1) is 11.8 Å². The smallest absolute Gasteiger partial charge is 0.393 e. The zero-order chi connectivity index (χ0) is 13.5. The van der Waals surface area contributed by atoms with E-state index < -0.39 is 23.9 Å². The lowest BCUT2D eigenvalue weighted by molar-refractivity contribution is -0.118. The highest BCUT2D eigenvalue weighted by molar-refractivity contribution is 8.00. The largest absolute Gasteiger partial charge is 0.397 e. The molecule has 0 aromatic rings. The number of thioether (sulfide) groups is 1. The van der Waals surface area contributed by atoms with Gasteiger partial charge in [-0.2, -0.15) is 13.2 Å². The van der Waals surface area contributed by atoms with Crippen LogP contribution in [-0.2, 0) is 4.79 Å². The molecule has 7 heteroatoms. The molecule has 17 heavy (non-hydrogen) atoms. The molecule has 0 saturated heterocycles. The molecule has 0 rings (SSSR count). The topological polar surface area (TPSA) is 49.3 Å². The van der Waals surface area contributed by atoms with Crippen LogP contribution in [-0.4, -0.2) is 41.3 Å². The zero-order valence-corrected chi connectivity index (χ0v) is 10.7. The van der Waals surface area contributed by atoms with Crippen LogP contribution < -0.4 is 5.32 Å². The molecule has 1 unspecified atom stereocenters. The highest BCUT2D eigenvalue weighted by Crippen LogP contribution is 2.20. The van der Waals surface area contributed by atoms with Crippen LogP contribution in [0.5, 0.6) is 0 Å². The summed E-state index contributed by atoms with van der Waals surface area (Å²) in [5, 5.41) is 11.9. The van der Waals surface area contributed by atoms with E-state index in [4.69, 9.17) is 0 Å². The lowest BCUT2D eigenvalue weighted by Crippen LogP contribution is -2.30. The van der Waals surface area contributed by atoms with E-state index in [-0.39, 0.29) is 18.2 Å². The number of aliphatic hydroxyl groups excluding tert-OH is 1. The summed E-state index contributed by atoms with van der Waals surface area (Å²) in [4.78, 5) is 11.1. The molecular weight excluding hydrogens is 255 g/mol. The number of halogens is 3. The minimum absolute atomic E-state index is 0.103. The van der Waals surface area contributed by atoms with E-state index in [1.165, 1.54) is 0 Å². The van der Waals surface area contributed by atoms with Crippen molar-refractivity contribution in [3.8, 4) is 0 Å². The average molecular weight is 273 g/mol. The summed E-state index contributed by atoms with van der Waals surface area (Å²) < 4.78 is 35.3. The number of hydrogen-bond donors (Lipinski definition) is 2. The fourth-order valence-electron chi connectivity index (χ4n) is 1.00. The van der Waals surface area contributed by atoms with Crippen molar-refractivity contribution in [1.82, 2.24) is 5.32 Å². The maximum Gasteiger partial charge on any atom is 0.397 e. The molecule has 0 aliphatic carbocycles. The van der Waals surface area contributed by atoms with Crippen LogP contribution in [0.1, 0.15) is 20.3 Å². The number of alkyl halides is 3. The fourth-order valence-corrected chi connectivity index (χ4v) is 1.62. The number of rotatable bonds is 7. The third-order valence-electron chi connectivity index (χ3n) is 2.03. The molecule has 0 aliphatic heterocycles. The standard InChI is InChI=1S/C10H18F3NO2S/c1-7(2)8(15)3-4-14-9(16)5-17-6-10(11,12)13/h7-8,15H,3-6H2,1-2H3,(H,14,16). The monoisotopic (exact) mass is 273 g/mol. The van der Waals surface area contributed by atoms with Gasteiger partial charge >= 0.3 is 6.18 Å². The first-order valence-electron chi connectivity index (χ1n) is 5.31. The van der Waals surface area contributed by atoms with Gasteiger partial charge in [0.05, 0.1) is 17.6 Å². The Bertz CT molecular complexity index is 234. The lowest BCUT2D eigenvalue weighted by atomic mass is 10.0. The van der Waals surface area contributed by atoms with Crippen molar-refractivity contribution in [1.29, 1.82) is 0 Å². The van der Waals surface area contributed by atoms with Crippen LogP contribution in [0.25, 0.3) is 0 Å². The van der Waals surface area contributed by atoms with Crippen LogP contribution in [0.2, 0.25) is 0 Å².